The quantitative estimate of drug-likeness (QED) is 0.798. The summed E-state index contributed by atoms with van der Waals surface area (Å²) in [5.74, 6) is -0.306. The molecule has 0 saturated carbocycles. The fourth-order valence-corrected chi connectivity index (χ4v) is 2.73. The van der Waals surface area contributed by atoms with Gasteiger partial charge >= 0.3 is 5.97 Å². The minimum Gasteiger partial charge on any atom is -0.478 e. The van der Waals surface area contributed by atoms with Crippen LogP contribution in [0.15, 0.2) is 33.1 Å². The molecule has 3 aromatic heterocycles. The van der Waals surface area contributed by atoms with Crippen LogP contribution < -0.4 is 5.56 Å². The van der Waals surface area contributed by atoms with Crippen LogP contribution in [0.3, 0.4) is 0 Å². The summed E-state index contributed by atoms with van der Waals surface area (Å²) >= 11 is 1.40. The highest BCUT2D eigenvalue weighted by molar-refractivity contribution is 7.16. The lowest BCUT2D eigenvalue weighted by molar-refractivity contribution is 0.0695. The maximum Gasteiger partial charge on any atom is 0.339 e. The Kier molecular flexibility index (Phi) is 2.90. The number of furan rings is 1. The van der Waals surface area contributed by atoms with E-state index in [4.69, 9.17) is 9.52 Å². The third-order valence-corrected chi connectivity index (χ3v) is 3.80. The first-order valence-electron chi connectivity index (χ1n) is 5.81. The second-order valence-electron chi connectivity index (χ2n) is 4.30. The van der Waals surface area contributed by atoms with Crippen LogP contribution in [0.2, 0.25) is 0 Å². The minimum atomic E-state index is -1.05. The van der Waals surface area contributed by atoms with Gasteiger partial charge in [0, 0.05) is 0 Å². The molecule has 0 spiro atoms. The Morgan fingerprint density at radius 2 is 2.35 bits per heavy atom. The first kappa shape index (κ1) is 12.6. The van der Waals surface area contributed by atoms with Crippen LogP contribution >= 0.6 is 11.3 Å². The van der Waals surface area contributed by atoms with E-state index in [0.29, 0.717) is 21.7 Å². The molecule has 3 heterocycles. The van der Waals surface area contributed by atoms with Crippen LogP contribution in [0.4, 0.5) is 0 Å². The molecule has 0 radical (unpaired) electrons. The van der Waals surface area contributed by atoms with Crippen LogP contribution in [0, 0.1) is 6.92 Å². The molecule has 0 aliphatic rings. The van der Waals surface area contributed by atoms with Gasteiger partial charge in [0.25, 0.3) is 5.56 Å². The third-order valence-electron chi connectivity index (χ3n) is 2.98. The maximum absolute atomic E-state index is 12.2. The summed E-state index contributed by atoms with van der Waals surface area (Å²) in [5, 5.41) is 11.3. The first-order chi connectivity index (χ1) is 9.56. The molecule has 1 N–H and O–H groups in total. The monoisotopic (exact) mass is 290 g/mol. The molecule has 20 heavy (non-hydrogen) atoms. The number of aryl methyl sites for hydroxylation is 1. The second-order valence-corrected chi connectivity index (χ2v) is 5.20. The molecular formula is C13H10N2O4S. The Morgan fingerprint density at radius 1 is 1.55 bits per heavy atom. The van der Waals surface area contributed by atoms with Gasteiger partial charge in [-0.05, 0) is 24.4 Å². The Labute approximate surface area is 116 Å². The third kappa shape index (κ3) is 2.01. The minimum absolute atomic E-state index is 0.109. The standard InChI is InChI=1S/C13H10N2O4S/c1-7-10(13(17)18)4-8(19-7)5-15-6-14-11-9(12(15)16)2-3-20-11/h2-4,6H,5H2,1H3,(H,17,18). The van der Waals surface area contributed by atoms with Crippen molar-refractivity contribution < 1.29 is 14.3 Å². The van der Waals surface area contributed by atoms with Crippen molar-refractivity contribution in [1.82, 2.24) is 9.55 Å². The zero-order chi connectivity index (χ0) is 14.3. The van der Waals surface area contributed by atoms with Crippen molar-refractivity contribution in [3.8, 4) is 0 Å². The van der Waals surface area contributed by atoms with Gasteiger partial charge in [0.05, 0.1) is 18.3 Å². The normalized spacial score (nSPS) is 11.1. The number of nitrogens with zero attached hydrogens (tertiary/aromatic N) is 2. The molecule has 3 aromatic rings. The summed E-state index contributed by atoms with van der Waals surface area (Å²) in [6.45, 7) is 1.74. The number of carboxylic acids is 1. The molecule has 6 nitrogen and oxygen atoms in total. The molecule has 0 saturated heterocycles. The summed E-state index contributed by atoms with van der Waals surface area (Å²) in [4.78, 5) is 28.0. The Hall–Kier alpha value is -2.41. The van der Waals surface area contributed by atoms with E-state index in [2.05, 4.69) is 4.98 Å². The molecule has 3 rings (SSSR count). The Balaban J connectivity index is 2.01. The van der Waals surface area contributed by atoms with Gasteiger partial charge in [-0.3, -0.25) is 9.36 Å². The smallest absolute Gasteiger partial charge is 0.339 e. The number of aromatic carboxylic acids is 1. The average Bonchev–Trinajstić information content (AvgIpc) is 2.99. The lowest BCUT2D eigenvalue weighted by atomic mass is 10.2. The SMILES string of the molecule is Cc1oc(Cn2cnc3sccc3c2=O)cc1C(=O)O. The number of rotatable bonds is 3. The number of hydrogen-bond donors (Lipinski definition) is 1. The van der Waals surface area contributed by atoms with Gasteiger partial charge in [0.1, 0.15) is 21.9 Å². The molecule has 0 bridgehead atoms. The van der Waals surface area contributed by atoms with Crippen molar-refractivity contribution in [2.75, 3.05) is 0 Å². The molecule has 0 fully saturated rings. The van der Waals surface area contributed by atoms with Crippen molar-refractivity contribution in [2.45, 2.75) is 13.5 Å². The van der Waals surface area contributed by atoms with Gasteiger partial charge in [-0.25, -0.2) is 9.78 Å². The molecule has 0 aliphatic heterocycles. The van der Waals surface area contributed by atoms with Gasteiger partial charge in [-0.1, -0.05) is 0 Å². The van der Waals surface area contributed by atoms with Crippen LogP contribution in [0.5, 0.6) is 0 Å². The van der Waals surface area contributed by atoms with Gasteiger partial charge in [0.2, 0.25) is 0 Å². The average molecular weight is 290 g/mol. The van der Waals surface area contributed by atoms with Crippen LogP contribution in [-0.2, 0) is 6.54 Å². The summed E-state index contributed by atoms with van der Waals surface area (Å²) in [6, 6.07) is 3.16. The zero-order valence-corrected chi connectivity index (χ0v) is 11.3. The largest absolute Gasteiger partial charge is 0.478 e. The number of thiophene rings is 1. The van der Waals surface area contributed by atoms with Gasteiger partial charge in [-0.2, -0.15) is 0 Å². The summed E-state index contributed by atoms with van der Waals surface area (Å²) in [6.07, 6.45) is 1.44. The lowest BCUT2D eigenvalue weighted by Crippen LogP contribution is -2.20. The van der Waals surface area contributed by atoms with Gasteiger partial charge in [-0.15, -0.1) is 11.3 Å². The van der Waals surface area contributed by atoms with E-state index in [1.807, 2.05) is 5.38 Å². The Morgan fingerprint density at radius 3 is 3.05 bits per heavy atom. The van der Waals surface area contributed by atoms with Crippen LogP contribution in [0.1, 0.15) is 21.9 Å². The van der Waals surface area contributed by atoms with Crippen molar-refractivity contribution >= 4 is 27.5 Å². The molecule has 0 unspecified atom stereocenters. The fourth-order valence-electron chi connectivity index (χ4n) is 2.01. The summed E-state index contributed by atoms with van der Waals surface area (Å²) < 4.78 is 6.76. The number of carbonyl (C=O) groups is 1. The fraction of sp³-hybridized carbons (Fsp3) is 0.154. The number of hydrogen-bond acceptors (Lipinski definition) is 5. The van der Waals surface area contributed by atoms with Crippen molar-refractivity contribution in [2.24, 2.45) is 0 Å². The van der Waals surface area contributed by atoms with Crippen molar-refractivity contribution in [1.29, 1.82) is 0 Å². The molecule has 0 aromatic carbocycles. The molecule has 0 amide bonds. The lowest BCUT2D eigenvalue weighted by Gasteiger charge is -2.02. The molecule has 0 aliphatic carbocycles. The maximum atomic E-state index is 12.2. The van der Waals surface area contributed by atoms with E-state index in [1.54, 1.807) is 13.0 Å². The van der Waals surface area contributed by atoms with Crippen LogP contribution in [-0.4, -0.2) is 20.6 Å². The number of aromatic nitrogens is 2. The summed E-state index contributed by atoms with van der Waals surface area (Å²) in [7, 11) is 0. The highest BCUT2D eigenvalue weighted by Crippen LogP contribution is 2.17. The molecule has 7 heteroatoms. The van der Waals surface area contributed by atoms with E-state index in [1.165, 1.54) is 28.3 Å². The van der Waals surface area contributed by atoms with Crippen molar-refractivity contribution in [3.05, 3.63) is 51.3 Å². The van der Waals surface area contributed by atoms with E-state index >= 15 is 0 Å². The number of carboxylic acid groups (broad SMARTS) is 1. The van der Waals surface area contributed by atoms with Gasteiger partial charge < -0.3 is 9.52 Å². The van der Waals surface area contributed by atoms with Gasteiger partial charge in [0.15, 0.2) is 0 Å². The Bertz CT molecular complexity index is 859. The van der Waals surface area contributed by atoms with E-state index in [-0.39, 0.29) is 17.7 Å². The molecular weight excluding hydrogens is 280 g/mol. The second kappa shape index (κ2) is 4.61. The molecule has 102 valence electrons. The highest BCUT2D eigenvalue weighted by atomic mass is 32.1. The summed E-state index contributed by atoms with van der Waals surface area (Å²) in [5.41, 5.74) is -0.0557. The highest BCUT2D eigenvalue weighted by Gasteiger charge is 2.14. The van der Waals surface area contributed by atoms with E-state index in [9.17, 15) is 9.59 Å². The predicted octanol–water partition coefficient (Wildman–Crippen LogP) is 2.11. The first-order valence-corrected chi connectivity index (χ1v) is 6.69. The van der Waals surface area contributed by atoms with E-state index in [0.717, 1.165) is 0 Å². The topological polar surface area (TPSA) is 85.3 Å². The van der Waals surface area contributed by atoms with E-state index < -0.39 is 5.97 Å². The number of fused-ring (bicyclic) bond motifs is 1. The van der Waals surface area contributed by atoms with Crippen molar-refractivity contribution in [3.63, 3.8) is 0 Å². The van der Waals surface area contributed by atoms with Crippen LogP contribution in [0.25, 0.3) is 10.2 Å². The predicted molar refractivity (Wildman–Crippen MR) is 73.4 cm³/mol. The molecule has 0 atom stereocenters. The zero-order valence-electron chi connectivity index (χ0n) is 10.5.